The summed E-state index contributed by atoms with van der Waals surface area (Å²) >= 11 is 3.43. The standard InChI is InChI=1S/C16H15BrN2/c17-15-8-4-7-14(11-15)16(18)9-10-19-12-13-5-2-1-3-6-13/h1-11H,12,18H2. The van der Waals surface area contributed by atoms with Gasteiger partial charge in [-0.15, -0.1) is 0 Å². The van der Waals surface area contributed by atoms with Gasteiger partial charge in [-0.05, 0) is 29.3 Å². The zero-order chi connectivity index (χ0) is 13.5. The molecule has 96 valence electrons. The number of aliphatic imine (C=N–C) groups is 1. The van der Waals surface area contributed by atoms with Crippen molar-refractivity contribution in [2.75, 3.05) is 0 Å². The summed E-state index contributed by atoms with van der Waals surface area (Å²) in [5.41, 5.74) is 8.87. The molecule has 0 radical (unpaired) electrons. The van der Waals surface area contributed by atoms with Crippen LogP contribution in [0.2, 0.25) is 0 Å². The van der Waals surface area contributed by atoms with E-state index >= 15 is 0 Å². The van der Waals surface area contributed by atoms with Crippen molar-refractivity contribution in [2.45, 2.75) is 6.54 Å². The Labute approximate surface area is 121 Å². The monoisotopic (exact) mass is 314 g/mol. The Morgan fingerprint density at radius 3 is 2.63 bits per heavy atom. The normalized spacial score (nSPS) is 11.9. The summed E-state index contributed by atoms with van der Waals surface area (Å²) in [5.74, 6) is 0. The van der Waals surface area contributed by atoms with Gasteiger partial charge in [-0.2, -0.15) is 0 Å². The highest BCUT2D eigenvalue weighted by Crippen LogP contribution is 2.15. The number of allylic oxidation sites excluding steroid dienone is 1. The lowest BCUT2D eigenvalue weighted by atomic mass is 10.1. The molecule has 2 aromatic rings. The predicted molar refractivity (Wildman–Crippen MR) is 84.9 cm³/mol. The van der Waals surface area contributed by atoms with Crippen LogP contribution < -0.4 is 5.73 Å². The first-order valence-corrected chi connectivity index (χ1v) is 6.80. The van der Waals surface area contributed by atoms with Crippen molar-refractivity contribution in [3.05, 3.63) is 76.3 Å². The van der Waals surface area contributed by atoms with E-state index in [2.05, 4.69) is 33.1 Å². The van der Waals surface area contributed by atoms with Crippen LogP contribution in [0.3, 0.4) is 0 Å². The zero-order valence-electron chi connectivity index (χ0n) is 10.5. The predicted octanol–water partition coefficient (Wildman–Crippen LogP) is 4.02. The van der Waals surface area contributed by atoms with Crippen LogP contribution >= 0.6 is 15.9 Å². The maximum absolute atomic E-state index is 5.99. The van der Waals surface area contributed by atoms with Crippen molar-refractivity contribution < 1.29 is 0 Å². The van der Waals surface area contributed by atoms with E-state index in [4.69, 9.17) is 5.73 Å². The lowest BCUT2D eigenvalue weighted by Crippen LogP contribution is -1.96. The molecule has 0 atom stereocenters. The van der Waals surface area contributed by atoms with Crippen LogP contribution in [0.15, 0.2) is 70.1 Å². The summed E-state index contributed by atoms with van der Waals surface area (Å²) in [6.45, 7) is 0.670. The molecule has 3 heteroatoms. The average Bonchev–Trinajstić information content (AvgIpc) is 2.44. The lowest BCUT2D eigenvalue weighted by molar-refractivity contribution is 1.08. The zero-order valence-corrected chi connectivity index (χ0v) is 12.0. The molecular formula is C16H15BrN2. The molecule has 0 aromatic heterocycles. The number of hydrogen-bond acceptors (Lipinski definition) is 2. The molecule has 0 amide bonds. The van der Waals surface area contributed by atoms with Crippen LogP contribution in [0.4, 0.5) is 0 Å². The highest BCUT2D eigenvalue weighted by Gasteiger charge is 1.95. The van der Waals surface area contributed by atoms with Crippen molar-refractivity contribution in [3.63, 3.8) is 0 Å². The molecule has 0 saturated heterocycles. The molecule has 19 heavy (non-hydrogen) atoms. The van der Waals surface area contributed by atoms with Gasteiger partial charge in [-0.3, -0.25) is 4.99 Å². The second kappa shape index (κ2) is 6.90. The molecule has 2 rings (SSSR count). The van der Waals surface area contributed by atoms with Gasteiger partial charge in [0.1, 0.15) is 0 Å². The van der Waals surface area contributed by atoms with Crippen molar-refractivity contribution in [3.8, 4) is 0 Å². The Balaban J connectivity index is 1.98. The summed E-state index contributed by atoms with van der Waals surface area (Å²) in [7, 11) is 0. The number of rotatable bonds is 4. The molecule has 2 nitrogen and oxygen atoms in total. The molecule has 0 bridgehead atoms. The summed E-state index contributed by atoms with van der Waals surface area (Å²) in [5, 5.41) is 0. The molecule has 0 aliphatic heterocycles. The van der Waals surface area contributed by atoms with Gasteiger partial charge in [0.05, 0.1) is 6.54 Å². The van der Waals surface area contributed by atoms with E-state index in [0.29, 0.717) is 12.2 Å². The highest BCUT2D eigenvalue weighted by atomic mass is 79.9. The maximum atomic E-state index is 5.99. The Morgan fingerprint density at radius 1 is 1.11 bits per heavy atom. The second-order valence-corrected chi connectivity index (χ2v) is 5.02. The highest BCUT2D eigenvalue weighted by molar-refractivity contribution is 9.10. The Bertz CT molecular complexity index is 589. The van der Waals surface area contributed by atoms with Gasteiger partial charge in [0.25, 0.3) is 0 Å². The largest absolute Gasteiger partial charge is 0.398 e. The number of hydrogen-bond donors (Lipinski definition) is 1. The van der Waals surface area contributed by atoms with Crippen LogP contribution in [0, 0.1) is 0 Å². The Kier molecular flexibility index (Phi) is 4.93. The number of benzene rings is 2. The molecule has 0 spiro atoms. The van der Waals surface area contributed by atoms with E-state index in [-0.39, 0.29) is 0 Å². The Hall–Kier alpha value is -1.87. The first kappa shape index (κ1) is 13.6. The second-order valence-electron chi connectivity index (χ2n) is 4.11. The molecular weight excluding hydrogens is 300 g/mol. The van der Waals surface area contributed by atoms with Crippen LogP contribution in [0.5, 0.6) is 0 Å². The minimum Gasteiger partial charge on any atom is -0.398 e. The fraction of sp³-hybridized carbons (Fsp3) is 0.0625. The van der Waals surface area contributed by atoms with Gasteiger partial charge in [-0.1, -0.05) is 58.4 Å². The average molecular weight is 315 g/mol. The summed E-state index contributed by atoms with van der Waals surface area (Å²) in [6.07, 6.45) is 3.58. The maximum Gasteiger partial charge on any atom is 0.0639 e. The van der Waals surface area contributed by atoms with Gasteiger partial charge in [0.15, 0.2) is 0 Å². The van der Waals surface area contributed by atoms with Gasteiger partial charge in [0, 0.05) is 16.4 Å². The summed E-state index contributed by atoms with van der Waals surface area (Å²) < 4.78 is 1.02. The molecule has 0 heterocycles. The number of nitrogens with zero attached hydrogens (tertiary/aromatic N) is 1. The van der Waals surface area contributed by atoms with Gasteiger partial charge >= 0.3 is 0 Å². The molecule has 0 unspecified atom stereocenters. The molecule has 0 aliphatic carbocycles. The Morgan fingerprint density at radius 2 is 1.89 bits per heavy atom. The third-order valence-electron chi connectivity index (χ3n) is 2.63. The van der Waals surface area contributed by atoms with E-state index in [0.717, 1.165) is 10.0 Å². The number of nitrogens with two attached hydrogens (primary N) is 1. The molecule has 0 aliphatic rings. The van der Waals surface area contributed by atoms with Crippen LogP contribution in [-0.2, 0) is 6.54 Å². The fourth-order valence-corrected chi connectivity index (χ4v) is 2.04. The van der Waals surface area contributed by atoms with Crippen LogP contribution in [0.1, 0.15) is 11.1 Å². The number of halogens is 1. The van der Waals surface area contributed by atoms with E-state index in [9.17, 15) is 0 Å². The fourth-order valence-electron chi connectivity index (χ4n) is 1.64. The quantitative estimate of drug-likeness (QED) is 0.850. The minimum atomic E-state index is 0.670. The topological polar surface area (TPSA) is 38.4 Å². The first-order valence-electron chi connectivity index (χ1n) is 6.01. The van der Waals surface area contributed by atoms with E-state index in [1.165, 1.54) is 5.56 Å². The van der Waals surface area contributed by atoms with E-state index in [1.54, 1.807) is 6.21 Å². The molecule has 2 N–H and O–H groups in total. The molecule has 2 aromatic carbocycles. The van der Waals surface area contributed by atoms with E-state index in [1.807, 2.05) is 48.5 Å². The SMILES string of the molecule is NC(=CC=NCc1ccccc1)c1cccc(Br)c1. The van der Waals surface area contributed by atoms with Crippen molar-refractivity contribution in [1.82, 2.24) is 0 Å². The van der Waals surface area contributed by atoms with E-state index < -0.39 is 0 Å². The molecule has 0 saturated carbocycles. The first-order chi connectivity index (χ1) is 9.25. The lowest BCUT2D eigenvalue weighted by Gasteiger charge is -2.00. The van der Waals surface area contributed by atoms with Crippen molar-refractivity contribution >= 4 is 27.8 Å². The molecule has 0 fully saturated rings. The van der Waals surface area contributed by atoms with Crippen LogP contribution in [-0.4, -0.2) is 6.21 Å². The van der Waals surface area contributed by atoms with Crippen molar-refractivity contribution in [1.29, 1.82) is 0 Å². The smallest absolute Gasteiger partial charge is 0.0639 e. The van der Waals surface area contributed by atoms with Gasteiger partial charge < -0.3 is 5.73 Å². The summed E-state index contributed by atoms with van der Waals surface area (Å²) in [6, 6.07) is 18.0. The minimum absolute atomic E-state index is 0.670. The van der Waals surface area contributed by atoms with Gasteiger partial charge in [0.2, 0.25) is 0 Å². The third kappa shape index (κ3) is 4.38. The van der Waals surface area contributed by atoms with Crippen molar-refractivity contribution in [2.24, 2.45) is 10.7 Å². The van der Waals surface area contributed by atoms with Crippen LogP contribution in [0.25, 0.3) is 5.70 Å². The summed E-state index contributed by atoms with van der Waals surface area (Å²) in [4.78, 5) is 4.34. The third-order valence-corrected chi connectivity index (χ3v) is 3.13. The van der Waals surface area contributed by atoms with Gasteiger partial charge in [-0.25, -0.2) is 0 Å².